The van der Waals surface area contributed by atoms with Gasteiger partial charge < -0.3 is 40.9 Å². The van der Waals surface area contributed by atoms with Crippen molar-refractivity contribution in [3.05, 3.63) is 62.5 Å². The number of fused-ring (bicyclic) bond motifs is 2. The van der Waals surface area contributed by atoms with Crippen molar-refractivity contribution in [1.82, 2.24) is 20.2 Å². The van der Waals surface area contributed by atoms with Crippen molar-refractivity contribution >= 4 is 74.6 Å². The lowest BCUT2D eigenvalue weighted by Gasteiger charge is -2.49. The fraction of sp³-hybridized carbons (Fsp3) is 0.231. The molecule has 5 rings (SSSR count). The summed E-state index contributed by atoms with van der Waals surface area (Å²) in [5, 5.41) is 36.8. The zero-order valence-electron chi connectivity index (χ0n) is 22.9. The van der Waals surface area contributed by atoms with Gasteiger partial charge in [-0.2, -0.15) is 0 Å². The van der Waals surface area contributed by atoms with E-state index >= 15 is 0 Å². The van der Waals surface area contributed by atoms with Gasteiger partial charge in [-0.05, 0) is 12.1 Å². The van der Waals surface area contributed by atoms with Crippen LogP contribution in [0.4, 0.5) is 5.13 Å². The number of nitrogens with two attached hydrogens (primary N) is 1. The summed E-state index contributed by atoms with van der Waals surface area (Å²) >= 11 is 2.08. The molecule has 4 heterocycles. The van der Waals surface area contributed by atoms with Crippen LogP contribution in [0.1, 0.15) is 24.3 Å². The van der Waals surface area contributed by atoms with Gasteiger partial charge in [0.1, 0.15) is 35.2 Å². The Morgan fingerprint density at radius 1 is 1.22 bits per heavy atom. The first-order valence-corrected chi connectivity index (χ1v) is 14.7. The summed E-state index contributed by atoms with van der Waals surface area (Å²) in [4.78, 5) is 86.5. The number of nitrogens with one attached hydrogen (secondary N) is 2. The van der Waals surface area contributed by atoms with Crippen molar-refractivity contribution in [2.75, 3.05) is 18.1 Å². The molecule has 1 saturated heterocycles. The highest BCUT2D eigenvalue weighted by atomic mass is 32.2. The predicted molar refractivity (Wildman–Crippen MR) is 157 cm³/mol. The highest BCUT2D eigenvalue weighted by Crippen LogP contribution is 2.40. The molecule has 0 saturated carbocycles. The standard InChI is InChI=1S/C26H22N6O11S2/c1-9(33)42-6-10-7-44-23-18(22(37)32(23)19(10)24(38)39)30-21(36)17(13-8-45-26(27)28-13)31-43-20(25(40)41)12-2-4-14(34)16-11(12)3-5-15(35)29-16/h2-5,8,18,20,23,34H,6-7H2,1H3,(H2,27,28)(H,29,35)(H,30,36)(H,38,39)(H,40,41)/b31-17-/t18-,20?,23+/m0/s1. The number of phenolic OH excluding ortho intramolecular Hbond substituents is 1. The van der Waals surface area contributed by atoms with Crippen LogP contribution in [0.2, 0.25) is 0 Å². The maximum atomic E-state index is 13.5. The molecule has 0 aliphatic carbocycles. The van der Waals surface area contributed by atoms with Gasteiger partial charge in [0, 0.05) is 40.6 Å². The number of pyridine rings is 1. The van der Waals surface area contributed by atoms with E-state index in [2.05, 4.69) is 20.4 Å². The van der Waals surface area contributed by atoms with Gasteiger partial charge in [-0.3, -0.25) is 24.1 Å². The number of benzene rings is 1. The van der Waals surface area contributed by atoms with E-state index in [0.717, 1.165) is 47.1 Å². The molecule has 45 heavy (non-hydrogen) atoms. The maximum Gasteiger partial charge on any atom is 0.352 e. The molecule has 234 valence electrons. The number of oxime groups is 1. The number of nitrogen functional groups attached to an aromatic ring is 1. The van der Waals surface area contributed by atoms with E-state index in [-0.39, 0.29) is 56.7 Å². The minimum atomic E-state index is -1.84. The van der Waals surface area contributed by atoms with E-state index in [1.165, 1.54) is 17.5 Å². The largest absolute Gasteiger partial charge is 0.506 e. The number of hydrogen-bond acceptors (Lipinski definition) is 14. The predicted octanol–water partition coefficient (Wildman–Crippen LogP) is 0.121. The van der Waals surface area contributed by atoms with Gasteiger partial charge >= 0.3 is 17.9 Å². The van der Waals surface area contributed by atoms with Crippen molar-refractivity contribution in [2.45, 2.75) is 24.4 Å². The number of nitrogens with zero attached hydrogens (tertiary/aromatic N) is 3. The molecule has 3 atom stereocenters. The van der Waals surface area contributed by atoms with Crippen molar-refractivity contribution in [3.63, 3.8) is 0 Å². The van der Waals surface area contributed by atoms with Crippen molar-refractivity contribution in [3.8, 4) is 5.75 Å². The molecular formula is C26H22N6O11S2. The molecule has 2 aliphatic rings. The zero-order chi connectivity index (χ0) is 32.6. The molecule has 2 amide bonds. The number of aromatic amines is 1. The Balaban J connectivity index is 1.43. The van der Waals surface area contributed by atoms with Crippen LogP contribution >= 0.6 is 23.1 Å². The Morgan fingerprint density at radius 3 is 2.62 bits per heavy atom. The number of hydrogen-bond donors (Lipinski definition) is 6. The number of aromatic hydroxyl groups is 1. The number of rotatable bonds is 10. The number of thioether (sulfide) groups is 1. The fourth-order valence-electron chi connectivity index (χ4n) is 4.62. The van der Waals surface area contributed by atoms with Crippen LogP contribution in [0, 0.1) is 0 Å². The molecule has 0 radical (unpaired) electrons. The van der Waals surface area contributed by atoms with Crippen LogP contribution in [-0.2, 0) is 33.5 Å². The van der Waals surface area contributed by atoms with Gasteiger partial charge in [0.05, 0.1) is 5.52 Å². The molecule has 7 N–H and O–H groups in total. The number of ether oxygens (including phenoxy) is 1. The lowest BCUT2D eigenvalue weighted by atomic mass is 10.0. The molecule has 3 aromatic rings. The van der Waals surface area contributed by atoms with Crippen molar-refractivity contribution < 1.29 is 48.9 Å². The molecule has 1 unspecified atom stereocenters. The minimum Gasteiger partial charge on any atom is -0.506 e. The van der Waals surface area contributed by atoms with Gasteiger partial charge in [-0.1, -0.05) is 11.2 Å². The van der Waals surface area contributed by atoms with Gasteiger partial charge in [0.15, 0.2) is 10.8 Å². The number of aromatic nitrogens is 2. The smallest absolute Gasteiger partial charge is 0.352 e. The summed E-state index contributed by atoms with van der Waals surface area (Å²) in [6.45, 7) is 0.834. The number of aliphatic carboxylic acids is 2. The molecule has 17 nitrogen and oxygen atoms in total. The van der Waals surface area contributed by atoms with Crippen LogP contribution in [-0.4, -0.2) is 89.4 Å². The molecule has 2 aliphatic heterocycles. The molecule has 19 heteroatoms. The molecule has 1 fully saturated rings. The SMILES string of the molecule is CC(=O)OCC1=C(C(=O)O)N2C(=O)[C@H](NC(=O)/C(=N\OC(C(=O)O)c3ccc(O)c4[nH]c(=O)ccc34)c3csc(N)n3)[C@H]2SC1. The Labute approximate surface area is 259 Å². The van der Waals surface area contributed by atoms with Crippen LogP contribution < -0.4 is 16.6 Å². The highest BCUT2D eigenvalue weighted by Gasteiger charge is 2.54. The van der Waals surface area contributed by atoms with Crippen molar-refractivity contribution in [1.29, 1.82) is 0 Å². The van der Waals surface area contributed by atoms with Gasteiger partial charge in [0.2, 0.25) is 11.7 Å². The maximum absolute atomic E-state index is 13.5. The number of phenols is 1. The quantitative estimate of drug-likeness (QED) is 0.0732. The molecule has 1 aromatic carbocycles. The fourth-order valence-corrected chi connectivity index (χ4v) is 6.50. The first-order valence-electron chi connectivity index (χ1n) is 12.7. The summed E-state index contributed by atoms with van der Waals surface area (Å²) in [6, 6.07) is 3.60. The number of amides is 2. The topological polar surface area (TPSA) is 264 Å². The number of carbonyl (C=O) groups excluding carboxylic acids is 3. The number of thiazole rings is 1. The zero-order valence-corrected chi connectivity index (χ0v) is 24.5. The Hall–Kier alpha value is -5.43. The van der Waals surface area contributed by atoms with Crippen LogP contribution in [0.25, 0.3) is 10.9 Å². The summed E-state index contributed by atoms with van der Waals surface area (Å²) < 4.78 is 4.91. The summed E-state index contributed by atoms with van der Waals surface area (Å²) in [5.41, 5.74) is 4.32. The lowest BCUT2D eigenvalue weighted by molar-refractivity contribution is -0.151. The second kappa shape index (κ2) is 12.3. The number of esters is 1. The number of carboxylic acids is 2. The van der Waals surface area contributed by atoms with E-state index in [1.54, 1.807) is 0 Å². The second-order valence-electron chi connectivity index (χ2n) is 9.52. The van der Waals surface area contributed by atoms with Crippen molar-refractivity contribution in [2.24, 2.45) is 5.16 Å². The van der Waals surface area contributed by atoms with E-state index in [9.17, 15) is 44.1 Å². The van der Waals surface area contributed by atoms with E-state index in [4.69, 9.17) is 15.3 Å². The molecular weight excluding hydrogens is 636 g/mol. The third-order valence-corrected chi connectivity index (χ3v) is 8.64. The van der Waals surface area contributed by atoms with Crippen LogP contribution in [0.15, 0.2) is 50.9 Å². The number of anilines is 1. The Kier molecular flexibility index (Phi) is 8.47. The van der Waals surface area contributed by atoms with E-state index in [1.807, 2.05) is 0 Å². The minimum absolute atomic E-state index is 0.0196. The Morgan fingerprint density at radius 2 is 1.98 bits per heavy atom. The average molecular weight is 659 g/mol. The van der Waals surface area contributed by atoms with Gasteiger partial charge in [0.25, 0.3) is 11.8 Å². The molecule has 2 aromatic heterocycles. The average Bonchev–Trinajstić information content (AvgIpc) is 3.42. The monoisotopic (exact) mass is 658 g/mol. The second-order valence-corrected chi connectivity index (χ2v) is 11.5. The number of carboxylic acid groups (broad SMARTS) is 2. The summed E-state index contributed by atoms with van der Waals surface area (Å²) in [7, 11) is 0. The number of β-lactam (4-membered cyclic amide) rings is 1. The Bertz CT molecular complexity index is 1880. The first-order chi connectivity index (χ1) is 21.4. The first kappa shape index (κ1) is 31.0. The van der Waals surface area contributed by atoms with Gasteiger partial charge in [-0.25, -0.2) is 14.6 Å². The van der Waals surface area contributed by atoms with Gasteiger partial charge in [-0.15, -0.1) is 23.1 Å². The van der Waals surface area contributed by atoms with Crippen LogP contribution in [0.3, 0.4) is 0 Å². The number of carbonyl (C=O) groups is 5. The molecule has 0 bridgehead atoms. The van der Waals surface area contributed by atoms with E-state index < -0.39 is 58.5 Å². The highest BCUT2D eigenvalue weighted by molar-refractivity contribution is 8.00. The third-order valence-electron chi connectivity index (χ3n) is 6.63. The van der Waals surface area contributed by atoms with Crippen LogP contribution in [0.5, 0.6) is 5.75 Å². The normalized spacial score (nSPS) is 18.6. The third kappa shape index (κ3) is 6.02. The summed E-state index contributed by atoms with van der Waals surface area (Å²) in [5.74, 6) is -5.57. The van der Waals surface area contributed by atoms with E-state index in [0.29, 0.717) is 0 Å². The molecule has 0 spiro atoms. The summed E-state index contributed by atoms with van der Waals surface area (Å²) in [6.07, 6.45) is -1.84. The lowest BCUT2D eigenvalue weighted by Crippen LogP contribution is -2.71. The number of H-pyrrole nitrogens is 1.